The van der Waals surface area contributed by atoms with Crippen molar-refractivity contribution in [3.8, 4) is 0 Å². The van der Waals surface area contributed by atoms with Crippen molar-refractivity contribution < 1.29 is 23.5 Å². The fraction of sp³-hybridized carbons (Fsp3) is 0.600. The van der Waals surface area contributed by atoms with Crippen LogP contribution < -0.4 is 0 Å². The van der Waals surface area contributed by atoms with Gasteiger partial charge < -0.3 is 18.7 Å². The van der Waals surface area contributed by atoms with Crippen molar-refractivity contribution in [3.05, 3.63) is 23.7 Å². The van der Waals surface area contributed by atoms with E-state index in [4.69, 9.17) is 13.9 Å². The molecule has 1 heterocycles. The summed E-state index contributed by atoms with van der Waals surface area (Å²) in [5, 5.41) is 0. The average molecular weight is 297 g/mol. The molecule has 0 saturated heterocycles. The summed E-state index contributed by atoms with van der Waals surface area (Å²) in [5.74, 6) is 0.941. The van der Waals surface area contributed by atoms with Crippen molar-refractivity contribution in [1.29, 1.82) is 0 Å². The first-order valence-electron chi connectivity index (χ1n) is 6.65. The van der Waals surface area contributed by atoms with E-state index in [1.807, 2.05) is 0 Å². The number of hydrogen-bond acceptors (Lipinski definition) is 5. The van der Waals surface area contributed by atoms with E-state index in [0.29, 0.717) is 24.4 Å². The van der Waals surface area contributed by atoms with Crippen LogP contribution in [-0.4, -0.2) is 37.0 Å². The second-order valence-electron chi connectivity index (χ2n) is 6.00. The second kappa shape index (κ2) is 6.30. The molecular weight excluding hydrogens is 274 g/mol. The highest BCUT2D eigenvalue weighted by atomic mass is 16.6. The lowest BCUT2D eigenvalue weighted by atomic mass is 9.99. The number of rotatable bonds is 5. The molecule has 0 radical (unpaired) electrons. The van der Waals surface area contributed by atoms with Crippen molar-refractivity contribution in [1.82, 2.24) is 4.90 Å². The van der Waals surface area contributed by atoms with Crippen LogP contribution >= 0.6 is 0 Å². The van der Waals surface area contributed by atoms with Crippen molar-refractivity contribution >= 4 is 12.4 Å². The number of carbonyl (C=O) groups is 2. The fourth-order valence-electron chi connectivity index (χ4n) is 1.69. The van der Waals surface area contributed by atoms with Crippen molar-refractivity contribution in [3.63, 3.8) is 0 Å². The highest BCUT2D eigenvalue weighted by Crippen LogP contribution is 2.28. The van der Waals surface area contributed by atoms with Crippen molar-refractivity contribution in [2.45, 2.75) is 45.4 Å². The van der Waals surface area contributed by atoms with E-state index in [0.717, 1.165) is 0 Å². The Morgan fingerprint density at radius 2 is 1.95 bits per heavy atom. The molecule has 1 rings (SSSR count). The molecule has 1 aromatic heterocycles. The van der Waals surface area contributed by atoms with Gasteiger partial charge in [0.15, 0.2) is 11.8 Å². The van der Waals surface area contributed by atoms with E-state index in [2.05, 4.69) is 0 Å². The Morgan fingerprint density at radius 1 is 1.33 bits per heavy atom. The molecule has 6 nitrogen and oxygen atoms in total. The number of ether oxygens (including phenoxy) is 2. The van der Waals surface area contributed by atoms with E-state index in [9.17, 15) is 9.59 Å². The van der Waals surface area contributed by atoms with E-state index in [1.54, 1.807) is 46.9 Å². The first-order chi connectivity index (χ1) is 9.64. The molecule has 1 unspecified atom stereocenters. The van der Waals surface area contributed by atoms with Gasteiger partial charge in [0.2, 0.25) is 0 Å². The molecule has 0 saturated carbocycles. The Labute approximate surface area is 125 Å². The highest BCUT2D eigenvalue weighted by molar-refractivity contribution is 5.77. The number of amides is 1. The quantitative estimate of drug-likeness (QED) is 0.782. The third kappa shape index (κ3) is 4.07. The first-order valence-corrected chi connectivity index (χ1v) is 6.65. The van der Waals surface area contributed by atoms with Crippen LogP contribution in [0.5, 0.6) is 0 Å². The Kier molecular flexibility index (Phi) is 5.17. The SMILES string of the molecule is COCc1ccc(C(C)(C=O)N(C)C(=O)OC(C)(C)C)o1. The minimum Gasteiger partial charge on any atom is -0.461 e. The standard InChI is InChI=1S/C15H23NO5/c1-14(2,3)21-13(18)16(5)15(4,10-17)12-8-7-11(20-12)9-19-6/h7-8,10H,9H2,1-6H3. The zero-order valence-electron chi connectivity index (χ0n) is 13.4. The number of furan rings is 1. The predicted molar refractivity (Wildman–Crippen MR) is 76.8 cm³/mol. The van der Waals surface area contributed by atoms with E-state index >= 15 is 0 Å². The highest BCUT2D eigenvalue weighted by Gasteiger charge is 2.39. The molecule has 0 aromatic carbocycles. The number of carbonyl (C=O) groups excluding carboxylic acids is 2. The zero-order chi connectivity index (χ0) is 16.3. The van der Waals surface area contributed by atoms with Crippen molar-refractivity contribution in [2.75, 3.05) is 14.2 Å². The summed E-state index contributed by atoms with van der Waals surface area (Å²) in [4.78, 5) is 24.9. The molecule has 0 aliphatic heterocycles. The Hall–Kier alpha value is -1.82. The fourth-order valence-corrected chi connectivity index (χ4v) is 1.69. The normalized spacial score (nSPS) is 14.4. The lowest BCUT2D eigenvalue weighted by Gasteiger charge is -2.33. The molecule has 6 heteroatoms. The van der Waals surface area contributed by atoms with Crippen molar-refractivity contribution in [2.24, 2.45) is 0 Å². The molecule has 0 bridgehead atoms. The van der Waals surface area contributed by atoms with E-state index in [1.165, 1.54) is 11.9 Å². The molecule has 118 valence electrons. The lowest BCUT2D eigenvalue weighted by Crippen LogP contribution is -2.48. The van der Waals surface area contributed by atoms with Crippen LogP contribution in [0.4, 0.5) is 4.79 Å². The predicted octanol–water partition coefficient (Wildman–Crippen LogP) is 2.71. The second-order valence-corrected chi connectivity index (χ2v) is 6.00. The molecule has 1 aromatic rings. The van der Waals surface area contributed by atoms with E-state index in [-0.39, 0.29) is 0 Å². The third-order valence-electron chi connectivity index (χ3n) is 3.04. The van der Waals surface area contributed by atoms with Gasteiger partial charge in [-0.1, -0.05) is 0 Å². The van der Waals surface area contributed by atoms with E-state index < -0.39 is 17.2 Å². The minimum atomic E-state index is -1.24. The van der Waals surface area contributed by atoms with Gasteiger partial charge in [-0.15, -0.1) is 0 Å². The molecule has 0 aliphatic carbocycles. The number of aldehydes is 1. The minimum absolute atomic E-state index is 0.297. The van der Waals surface area contributed by atoms with Crippen LogP contribution in [0.15, 0.2) is 16.5 Å². The van der Waals surface area contributed by atoms with Gasteiger partial charge in [0.05, 0.1) is 0 Å². The van der Waals surface area contributed by atoms with Crippen LogP contribution in [0.1, 0.15) is 39.2 Å². The maximum atomic E-state index is 12.1. The molecule has 0 N–H and O–H groups in total. The molecule has 1 atom stereocenters. The summed E-state index contributed by atoms with van der Waals surface area (Å²) in [6.45, 7) is 7.19. The lowest BCUT2D eigenvalue weighted by molar-refractivity contribution is -0.118. The Morgan fingerprint density at radius 3 is 2.43 bits per heavy atom. The summed E-state index contributed by atoms with van der Waals surface area (Å²) < 4.78 is 15.8. The summed E-state index contributed by atoms with van der Waals surface area (Å²) in [6, 6.07) is 3.37. The topological polar surface area (TPSA) is 69.0 Å². The first kappa shape index (κ1) is 17.2. The molecule has 0 fully saturated rings. The summed E-state index contributed by atoms with van der Waals surface area (Å²) >= 11 is 0. The van der Waals surface area contributed by atoms with Gasteiger partial charge in [0, 0.05) is 14.2 Å². The number of nitrogens with zero attached hydrogens (tertiary/aromatic N) is 1. The van der Waals surface area contributed by atoms with Gasteiger partial charge in [-0.2, -0.15) is 0 Å². The smallest absolute Gasteiger partial charge is 0.411 e. The Bertz CT molecular complexity index is 502. The van der Waals surface area contributed by atoms with Crippen LogP contribution in [0.2, 0.25) is 0 Å². The van der Waals surface area contributed by atoms with Gasteiger partial charge in [0.1, 0.15) is 23.7 Å². The van der Waals surface area contributed by atoms with Crippen LogP contribution in [-0.2, 0) is 26.4 Å². The van der Waals surface area contributed by atoms with Crippen LogP contribution in [0, 0.1) is 0 Å². The monoisotopic (exact) mass is 297 g/mol. The maximum absolute atomic E-state index is 12.1. The molecular formula is C15H23NO5. The van der Waals surface area contributed by atoms with Crippen LogP contribution in [0.3, 0.4) is 0 Å². The summed E-state index contributed by atoms with van der Waals surface area (Å²) in [6.07, 6.45) is 0.0635. The van der Waals surface area contributed by atoms with Gasteiger partial charge in [0.25, 0.3) is 0 Å². The maximum Gasteiger partial charge on any atom is 0.411 e. The number of methoxy groups -OCH3 is 1. The average Bonchev–Trinajstić information content (AvgIpc) is 2.84. The zero-order valence-corrected chi connectivity index (χ0v) is 13.4. The van der Waals surface area contributed by atoms with Gasteiger partial charge in [-0.25, -0.2) is 4.79 Å². The largest absolute Gasteiger partial charge is 0.461 e. The summed E-state index contributed by atoms with van der Waals surface area (Å²) in [5.41, 5.74) is -1.88. The molecule has 0 spiro atoms. The van der Waals surface area contributed by atoms with Gasteiger partial charge >= 0.3 is 6.09 Å². The summed E-state index contributed by atoms with van der Waals surface area (Å²) in [7, 11) is 3.05. The molecule has 1 amide bonds. The number of hydrogen-bond donors (Lipinski definition) is 0. The van der Waals surface area contributed by atoms with Gasteiger partial charge in [-0.05, 0) is 39.8 Å². The third-order valence-corrected chi connectivity index (χ3v) is 3.04. The number of likely N-dealkylation sites (N-methyl/N-ethyl adjacent to an activating group) is 1. The van der Waals surface area contributed by atoms with Gasteiger partial charge in [-0.3, -0.25) is 4.90 Å². The molecule has 21 heavy (non-hydrogen) atoms. The van der Waals surface area contributed by atoms with Crippen LogP contribution in [0.25, 0.3) is 0 Å². The Balaban J connectivity index is 3.01. The molecule has 0 aliphatic rings.